The topological polar surface area (TPSA) is 58.6 Å². The first kappa shape index (κ1) is 14.0. The molecule has 2 amide bonds. The summed E-state index contributed by atoms with van der Waals surface area (Å²) in [5.41, 5.74) is 0. The number of hydrogen-bond acceptors (Lipinski definition) is 3. The van der Waals surface area contributed by atoms with Gasteiger partial charge in [0.25, 0.3) is 0 Å². The van der Waals surface area contributed by atoms with Crippen LogP contribution in [0, 0.1) is 0 Å². The van der Waals surface area contributed by atoms with E-state index in [1.807, 2.05) is 20.8 Å². The molecule has 0 bridgehead atoms. The number of amides is 2. The second-order valence-electron chi connectivity index (χ2n) is 4.32. The summed E-state index contributed by atoms with van der Waals surface area (Å²) in [7, 11) is 0. The highest BCUT2D eigenvalue weighted by Crippen LogP contribution is 2.10. The van der Waals surface area contributed by atoms with Gasteiger partial charge in [-0.3, -0.25) is 9.59 Å². The van der Waals surface area contributed by atoms with Gasteiger partial charge in [-0.05, 0) is 20.3 Å². The van der Waals surface area contributed by atoms with Gasteiger partial charge in [0.1, 0.15) is 6.04 Å². The Hall–Kier alpha value is -1.10. The molecule has 1 heterocycles. The van der Waals surface area contributed by atoms with E-state index < -0.39 is 0 Å². The molecule has 2 unspecified atom stereocenters. The standard InChI is InChI=1S/C12H22N2O3/c1-4-10-12(16)14(7-6-11(15)13-10)9(3)8-17-5-2/h9-10H,4-8H2,1-3H3,(H,13,15). The fourth-order valence-electron chi connectivity index (χ4n) is 1.95. The maximum absolute atomic E-state index is 12.2. The minimum Gasteiger partial charge on any atom is -0.380 e. The van der Waals surface area contributed by atoms with Crippen molar-refractivity contribution in [1.82, 2.24) is 10.2 Å². The highest BCUT2D eigenvalue weighted by atomic mass is 16.5. The van der Waals surface area contributed by atoms with E-state index in [0.29, 0.717) is 32.6 Å². The molecule has 1 fully saturated rings. The van der Waals surface area contributed by atoms with E-state index in [2.05, 4.69) is 5.32 Å². The minimum absolute atomic E-state index is 0.00514. The lowest BCUT2D eigenvalue weighted by Gasteiger charge is -2.29. The van der Waals surface area contributed by atoms with Crippen LogP contribution in [-0.4, -0.2) is 48.6 Å². The first-order chi connectivity index (χ1) is 8.10. The predicted molar refractivity (Wildman–Crippen MR) is 64.5 cm³/mol. The average molecular weight is 242 g/mol. The van der Waals surface area contributed by atoms with Gasteiger partial charge in [0, 0.05) is 19.6 Å². The van der Waals surface area contributed by atoms with E-state index in [1.165, 1.54) is 0 Å². The van der Waals surface area contributed by atoms with Crippen molar-refractivity contribution in [2.24, 2.45) is 0 Å². The van der Waals surface area contributed by atoms with Crippen molar-refractivity contribution in [3.8, 4) is 0 Å². The lowest BCUT2D eigenvalue weighted by Crippen LogP contribution is -2.48. The second-order valence-corrected chi connectivity index (χ2v) is 4.32. The van der Waals surface area contributed by atoms with Crippen LogP contribution in [0.4, 0.5) is 0 Å². The minimum atomic E-state index is -0.380. The van der Waals surface area contributed by atoms with E-state index in [9.17, 15) is 9.59 Å². The molecule has 0 aromatic heterocycles. The van der Waals surface area contributed by atoms with Crippen LogP contribution in [0.15, 0.2) is 0 Å². The van der Waals surface area contributed by atoms with Crippen LogP contribution in [0.3, 0.4) is 0 Å². The van der Waals surface area contributed by atoms with E-state index in [-0.39, 0.29) is 23.9 Å². The van der Waals surface area contributed by atoms with Crippen LogP contribution in [0.25, 0.3) is 0 Å². The van der Waals surface area contributed by atoms with E-state index in [4.69, 9.17) is 4.74 Å². The summed E-state index contributed by atoms with van der Waals surface area (Å²) in [4.78, 5) is 25.4. The zero-order chi connectivity index (χ0) is 12.8. The molecule has 0 saturated carbocycles. The maximum atomic E-state index is 12.2. The van der Waals surface area contributed by atoms with Gasteiger partial charge in [-0.25, -0.2) is 0 Å². The summed E-state index contributed by atoms with van der Waals surface area (Å²) in [6.07, 6.45) is 1.00. The molecule has 1 aliphatic heterocycles. The Morgan fingerprint density at radius 2 is 2.18 bits per heavy atom. The Labute approximate surface area is 102 Å². The van der Waals surface area contributed by atoms with Crippen molar-refractivity contribution in [1.29, 1.82) is 0 Å². The molecule has 0 aliphatic carbocycles. The Kier molecular flexibility index (Phi) is 5.41. The summed E-state index contributed by atoms with van der Waals surface area (Å²) >= 11 is 0. The molecular formula is C12H22N2O3. The molecule has 1 rings (SSSR count). The van der Waals surface area contributed by atoms with E-state index >= 15 is 0 Å². The molecule has 0 aromatic carbocycles. The van der Waals surface area contributed by atoms with Gasteiger partial charge < -0.3 is 15.0 Å². The molecule has 0 radical (unpaired) electrons. The summed E-state index contributed by atoms with van der Waals surface area (Å²) in [5.74, 6) is -0.0399. The third kappa shape index (κ3) is 3.70. The van der Waals surface area contributed by atoms with Crippen molar-refractivity contribution < 1.29 is 14.3 Å². The fraction of sp³-hybridized carbons (Fsp3) is 0.833. The number of ether oxygens (including phenoxy) is 1. The smallest absolute Gasteiger partial charge is 0.245 e. The number of nitrogens with one attached hydrogen (secondary N) is 1. The molecule has 1 aliphatic rings. The number of rotatable bonds is 5. The normalized spacial score (nSPS) is 23.2. The monoisotopic (exact) mass is 242 g/mol. The largest absolute Gasteiger partial charge is 0.380 e. The molecule has 1 saturated heterocycles. The van der Waals surface area contributed by atoms with Crippen LogP contribution >= 0.6 is 0 Å². The van der Waals surface area contributed by atoms with Crippen molar-refractivity contribution in [3.63, 3.8) is 0 Å². The first-order valence-corrected chi connectivity index (χ1v) is 6.27. The summed E-state index contributed by atoms with van der Waals surface area (Å²) < 4.78 is 5.33. The lowest BCUT2D eigenvalue weighted by molar-refractivity contribution is -0.136. The Bertz CT molecular complexity index is 281. The van der Waals surface area contributed by atoms with Gasteiger partial charge in [-0.15, -0.1) is 0 Å². The average Bonchev–Trinajstić information content (AvgIpc) is 2.46. The number of nitrogens with zero attached hydrogens (tertiary/aromatic N) is 1. The van der Waals surface area contributed by atoms with E-state index in [1.54, 1.807) is 4.90 Å². The van der Waals surface area contributed by atoms with Gasteiger partial charge in [0.2, 0.25) is 11.8 Å². The number of carbonyl (C=O) groups excluding carboxylic acids is 2. The number of carbonyl (C=O) groups is 2. The zero-order valence-corrected chi connectivity index (χ0v) is 10.9. The van der Waals surface area contributed by atoms with Crippen LogP contribution in [0.2, 0.25) is 0 Å². The molecule has 5 heteroatoms. The first-order valence-electron chi connectivity index (χ1n) is 6.27. The van der Waals surface area contributed by atoms with Gasteiger partial charge in [-0.1, -0.05) is 6.92 Å². The quantitative estimate of drug-likeness (QED) is 0.765. The van der Waals surface area contributed by atoms with Gasteiger partial charge in [0.05, 0.1) is 12.6 Å². The summed E-state index contributed by atoms with van der Waals surface area (Å²) in [6, 6.07) is -0.363. The van der Waals surface area contributed by atoms with Gasteiger partial charge in [-0.2, -0.15) is 0 Å². The molecule has 2 atom stereocenters. The summed E-state index contributed by atoms with van der Waals surface area (Å²) in [6.45, 7) is 7.43. The third-order valence-corrected chi connectivity index (χ3v) is 3.00. The molecule has 0 aromatic rings. The number of hydrogen-bond donors (Lipinski definition) is 1. The second kappa shape index (κ2) is 6.59. The summed E-state index contributed by atoms with van der Waals surface area (Å²) in [5, 5.41) is 2.75. The Morgan fingerprint density at radius 3 is 2.76 bits per heavy atom. The molecule has 5 nitrogen and oxygen atoms in total. The third-order valence-electron chi connectivity index (χ3n) is 3.00. The lowest BCUT2D eigenvalue weighted by atomic mass is 10.2. The van der Waals surface area contributed by atoms with Crippen molar-refractivity contribution in [2.45, 2.75) is 45.7 Å². The maximum Gasteiger partial charge on any atom is 0.245 e. The molecular weight excluding hydrogens is 220 g/mol. The Balaban J connectivity index is 2.68. The predicted octanol–water partition coefficient (Wildman–Crippen LogP) is 0.538. The highest BCUT2D eigenvalue weighted by molar-refractivity contribution is 5.90. The molecule has 0 spiro atoms. The van der Waals surface area contributed by atoms with Crippen molar-refractivity contribution >= 4 is 11.8 Å². The molecule has 17 heavy (non-hydrogen) atoms. The van der Waals surface area contributed by atoms with Gasteiger partial charge >= 0.3 is 0 Å². The fourth-order valence-corrected chi connectivity index (χ4v) is 1.95. The SMILES string of the molecule is CCOCC(C)N1CCC(=O)NC(CC)C1=O. The van der Waals surface area contributed by atoms with Crippen LogP contribution < -0.4 is 5.32 Å². The molecule has 98 valence electrons. The van der Waals surface area contributed by atoms with Gasteiger partial charge in [0.15, 0.2) is 0 Å². The van der Waals surface area contributed by atoms with Crippen LogP contribution in [0.1, 0.15) is 33.6 Å². The molecule has 1 N–H and O–H groups in total. The highest BCUT2D eigenvalue weighted by Gasteiger charge is 2.31. The van der Waals surface area contributed by atoms with Crippen LogP contribution in [-0.2, 0) is 14.3 Å². The van der Waals surface area contributed by atoms with E-state index in [0.717, 1.165) is 0 Å². The Morgan fingerprint density at radius 1 is 1.47 bits per heavy atom. The zero-order valence-electron chi connectivity index (χ0n) is 10.9. The van der Waals surface area contributed by atoms with Crippen LogP contribution in [0.5, 0.6) is 0 Å². The van der Waals surface area contributed by atoms with Crippen molar-refractivity contribution in [3.05, 3.63) is 0 Å². The van der Waals surface area contributed by atoms with Crippen molar-refractivity contribution in [2.75, 3.05) is 19.8 Å².